The summed E-state index contributed by atoms with van der Waals surface area (Å²) in [5, 5.41) is 9.10. The van der Waals surface area contributed by atoms with Crippen molar-refractivity contribution in [2.24, 2.45) is 0 Å². The van der Waals surface area contributed by atoms with E-state index in [-0.39, 0.29) is 10.8 Å². The molecule has 272 valence electrons. The molecule has 0 amide bonds. The lowest BCUT2D eigenvalue weighted by Gasteiger charge is -2.30. The zero-order valence-electron chi connectivity index (χ0n) is 33.1. The topological polar surface area (TPSA) is 9.86 Å². The Bertz CT molecular complexity index is 3110. The van der Waals surface area contributed by atoms with Crippen molar-refractivity contribution < 1.29 is 0 Å². The molecule has 10 rings (SSSR count). The van der Waals surface area contributed by atoms with Gasteiger partial charge in [-0.25, -0.2) is 0 Å². The molecule has 2 aromatic heterocycles. The van der Waals surface area contributed by atoms with Crippen LogP contribution >= 0.6 is 0 Å². The van der Waals surface area contributed by atoms with Crippen LogP contribution in [0.15, 0.2) is 170 Å². The molecule has 0 aliphatic carbocycles. The number of rotatable bonds is 4. The van der Waals surface area contributed by atoms with Crippen LogP contribution < -0.4 is 0 Å². The minimum atomic E-state index is -0.0952. The Morgan fingerprint density at radius 1 is 0.321 bits per heavy atom. The van der Waals surface area contributed by atoms with E-state index in [9.17, 15) is 0 Å². The first-order valence-electron chi connectivity index (χ1n) is 19.9. The molecule has 0 saturated carbocycles. The third kappa shape index (κ3) is 5.23. The zero-order valence-corrected chi connectivity index (χ0v) is 33.1. The molecule has 2 nitrogen and oxygen atoms in total. The van der Waals surface area contributed by atoms with Crippen LogP contribution in [0, 0.1) is 0 Å². The monoisotopic (exact) mass is 722 g/mol. The third-order valence-electron chi connectivity index (χ3n) is 11.6. The van der Waals surface area contributed by atoms with Gasteiger partial charge < -0.3 is 9.13 Å². The maximum absolute atomic E-state index is 2.55. The first kappa shape index (κ1) is 34.1. The van der Waals surface area contributed by atoms with Gasteiger partial charge in [0.15, 0.2) is 0 Å². The van der Waals surface area contributed by atoms with Gasteiger partial charge in [-0.2, -0.15) is 0 Å². The van der Waals surface area contributed by atoms with E-state index in [1.807, 2.05) is 0 Å². The highest BCUT2D eigenvalue weighted by Crippen LogP contribution is 2.49. The number of aromatic nitrogens is 2. The molecule has 0 N–H and O–H groups in total. The third-order valence-corrected chi connectivity index (χ3v) is 11.6. The number of hydrogen-bond acceptors (Lipinski definition) is 0. The van der Waals surface area contributed by atoms with E-state index in [1.54, 1.807) is 0 Å². The predicted octanol–water partition coefficient (Wildman–Crippen LogP) is 15.0. The number of fused-ring (bicyclic) bond motifs is 6. The van der Waals surface area contributed by atoms with Gasteiger partial charge in [-0.1, -0.05) is 163 Å². The van der Waals surface area contributed by atoms with Gasteiger partial charge in [-0.3, -0.25) is 0 Å². The van der Waals surface area contributed by atoms with Crippen LogP contribution in [-0.4, -0.2) is 9.13 Å². The molecule has 10 aromatic rings. The molecule has 0 atom stereocenters. The molecule has 2 heterocycles. The van der Waals surface area contributed by atoms with Crippen LogP contribution in [0.3, 0.4) is 0 Å². The Labute approximate surface area is 329 Å². The van der Waals surface area contributed by atoms with E-state index >= 15 is 0 Å². The van der Waals surface area contributed by atoms with E-state index in [0.717, 1.165) is 11.4 Å². The van der Waals surface area contributed by atoms with Crippen LogP contribution in [0.1, 0.15) is 52.7 Å². The standard InChI is InChI=1S/C54H46N2/c1-53(2,3)50-40-27-16-17-28-41(40)51(54(4,5)6)44-34-48-45(33-43(44)50)49(35-20-10-7-11-21-35)52(36-22-12-8-13-23-36)56(48)38-30-31-47-42(32-38)39-26-18-19-29-46(39)55(47)37-24-14-9-15-25-37/h7-34H,1-6H3. The Morgan fingerprint density at radius 3 is 1.43 bits per heavy atom. The molecular weight excluding hydrogens is 677 g/mol. The summed E-state index contributed by atoms with van der Waals surface area (Å²) in [4.78, 5) is 0. The lowest BCUT2D eigenvalue weighted by molar-refractivity contribution is 0.593. The Balaban J connectivity index is 1.42. The van der Waals surface area contributed by atoms with Gasteiger partial charge in [0.25, 0.3) is 0 Å². The van der Waals surface area contributed by atoms with E-state index in [0.29, 0.717) is 0 Å². The second-order valence-corrected chi connectivity index (χ2v) is 17.4. The number of para-hydroxylation sites is 2. The van der Waals surface area contributed by atoms with E-state index in [4.69, 9.17) is 0 Å². The predicted molar refractivity (Wildman–Crippen MR) is 241 cm³/mol. The highest BCUT2D eigenvalue weighted by atomic mass is 15.0. The highest BCUT2D eigenvalue weighted by Gasteiger charge is 2.30. The fourth-order valence-corrected chi connectivity index (χ4v) is 9.56. The fraction of sp³-hybridized carbons (Fsp3) is 0.148. The molecule has 0 aliphatic rings. The van der Waals surface area contributed by atoms with E-state index in [1.165, 1.54) is 87.8 Å². The quantitative estimate of drug-likeness (QED) is 0.160. The summed E-state index contributed by atoms with van der Waals surface area (Å²) in [6.07, 6.45) is 0. The van der Waals surface area contributed by atoms with Crippen molar-refractivity contribution in [1.29, 1.82) is 0 Å². The van der Waals surface area contributed by atoms with Crippen LogP contribution in [0.25, 0.3) is 88.0 Å². The van der Waals surface area contributed by atoms with Crippen molar-refractivity contribution in [3.63, 3.8) is 0 Å². The zero-order chi connectivity index (χ0) is 38.3. The van der Waals surface area contributed by atoms with Gasteiger partial charge in [-0.05, 0) is 103 Å². The highest BCUT2D eigenvalue weighted by molar-refractivity contribution is 6.16. The van der Waals surface area contributed by atoms with Crippen LogP contribution in [0.2, 0.25) is 0 Å². The van der Waals surface area contributed by atoms with E-state index < -0.39 is 0 Å². The molecular formula is C54H46N2. The van der Waals surface area contributed by atoms with E-state index in [2.05, 4.69) is 221 Å². The van der Waals surface area contributed by atoms with Crippen LogP contribution in [0.5, 0.6) is 0 Å². The van der Waals surface area contributed by atoms with Gasteiger partial charge in [-0.15, -0.1) is 0 Å². The Kier molecular flexibility index (Phi) is 7.67. The average Bonchev–Trinajstić information content (AvgIpc) is 3.71. The van der Waals surface area contributed by atoms with Crippen molar-refractivity contribution >= 4 is 54.3 Å². The summed E-state index contributed by atoms with van der Waals surface area (Å²) in [5.41, 5.74) is 13.4. The molecule has 0 radical (unpaired) electrons. The molecule has 2 heteroatoms. The Hall–Kier alpha value is -6.38. The molecule has 0 fully saturated rings. The lowest BCUT2D eigenvalue weighted by atomic mass is 9.74. The fourth-order valence-electron chi connectivity index (χ4n) is 9.56. The lowest BCUT2D eigenvalue weighted by Crippen LogP contribution is -2.17. The van der Waals surface area contributed by atoms with Crippen LogP contribution in [0.4, 0.5) is 0 Å². The van der Waals surface area contributed by atoms with Gasteiger partial charge in [0.1, 0.15) is 0 Å². The SMILES string of the molecule is CC(C)(C)c1c2ccccc2c(C(C)(C)C)c2cc3c(cc12)c(-c1ccccc1)c(-c1ccccc1)n3-c1ccc2c(c1)c1ccccc1n2-c1ccccc1. The van der Waals surface area contributed by atoms with Crippen molar-refractivity contribution in [2.75, 3.05) is 0 Å². The maximum atomic E-state index is 2.55. The maximum Gasteiger partial charge on any atom is 0.0619 e. The van der Waals surface area contributed by atoms with Gasteiger partial charge in [0, 0.05) is 33.1 Å². The largest absolute Gasteiger partial charge is 0.309 e. The van der Waals surface area contributed by atoms with Gasteiger partial charge >= 0.3 is 0 Å². The van der Waals surface area contributed by atoms with Gasteiger partial charge in [0.05, 0.1) is 22.2 Å². The Morgan fingerprint density at radius 2 is 0.821 bits per heavy atom. The number of hydrogen-bond donors (Lipinski definition) is 0. The molecule has 0 spiro atoms. The summed E-state index contributed by atoms with van der Waals surface area (Å²) in [5.74, 6) is 0. The second-order valence-electron chi connectivity index (χ2n) is 17.4. The number of nitrogens with zero attached hydrogens (tertiary/aromatic N) is 2. The molecule has 56 heavy (non-hydrogen) atoms. The molecule has 0 unspecified atom stereocenters. The van der Waals surface area contributed by atoms with Crippen molar-refractivity contribution in [1.82, 2.24) is 9.13 Å². The minimum Gasteiger partial charge on any atom is -0.309 e. The molecule has 0 aliphatic heterocycles. The summed E-state index contributed by atoms with van der Waals surface area (Å²) in [7, 11) is 0. The van der Waals surface area contributed by atoms with Crippen molar-refractivity contribution in [2.45, 2.75) is 52.4 Å². The van der Waals surface area contributed by atoms with Crippen LogP contribution in [-0.2, 0) is 10.8 Å². The number of benzene rings is 8. The average molecular weight is 723 g/mol. The van der Waals surface area contributed by atoms with Crippen molar-refractivity contribution in [3.8, 4) is 33.8 Å². The molecule has 8 aromatic carbocycles. The molecule has 0 bridgehead atoms. The normalized spacial score (nSPS) is 12.5. The summed E-state index contributed by atoms with van der Waals surface area (Å²) in [6, 6.07) is 62.8. The van der Waals surface area contributed by atoms with Gasteiger partial charge in [0.2, 0.25) is 0 Å². The first-order valence-corrected chi connectivity index (χ1v) is 19.9. The summed E-state index contributed by atoms with van der Waals surface area (Å²) < 4.78 is 4.96. The smallest absolute Gasteiger partial charge is 0.0619 e. The first-order chi connectivity index (χ1) is 27.1. The molecule has 0 saturated heterocycles. The summed E-state index contributed by atoms with van der Waals surface area (Å²) >= 11 is 0. The summed E-state index contributed by atoms with van der Waals surface area (Å²) in [6.45, 7) is 14.2. The van der Waals surface area contributed by atoms with Crippen molar-refractivity contribution in [3.05, 3.63) is 181 Å². The second kappa shape index (κ2) is 12.6. The minimum absolute atomic E-state index is 0.0856.